The number of fused-ring (bicyclic) bond motifs is 10. The predicted octanol–water partition coefficient (Wildman–Crippen LogP) is 14.3. The van der Waals surface area contributed by atoms with Crippen molar-refractivity contribution in [1.29, 1.82) is 0 Å². The molecule has 2 heteroatoms. The Bertz CT molecular complexity index is 3190. The Labute approximate surface area is 313 Å². The summed E-state index contributed by atoms with van der Waals surface area (Å²) in [6, 6.07) is 67.2. The molecule has 54 heavy (non-hydrogen) atoms. The molecule has 10 aromatic rings. The van der Waals surface area contributed by atoms with E-state index in [2.05, 4.69) is 194 Å². The third-order valence-corrected chi connectivity index (χ3v) is 12.3. The van der Waals surface area contributed by atoms with E-state index in [0.29, 0.717) is 0 Å². The number of hydrogen-bond acceptors (Lipinski definition) is 2. The fourth-order valence-corrected chi connectivity index (χ4v) is 9.65. The molecule has 1 unspecified atom stereocenters. The number of hydrogen-bond donors (Lipinski definition) is 0. The lowest BCUT2D eigenvalue weighted by Gasteiger charge is -2.31. The van der Waals surface area contributed by atoms with Crippen LogP contribution >= 0.6 is 0 Å². The maximum absolute atomic E-state index is 6.85. The van der Waals surface area contributed by atoms with Crippen molar-refractivity contribution in [3.8, 4) is 33.4 Å². The van der Waals surface area contributed by atoms with E-state index in [4.69, 9.17) is 4.42 Å². The van der Waals surface area contributed by atoms with Gasteiger partial charge in [-0.1, -0.05) is 146 Å². The summed E-state index contributed by atoms with van der Waals surface area (Å²) in [7, 11) is 0. The standard InChI is InChI=1S/C52H33NO/c1-52-36-25-23-33(24-26-36)38-13-7-9-19-47(38)53(37-27-28-41(46(52)30-37)40-14-6-8-18-45(40)52)48-31-44-50-39(35-22-21-32-11-2-3-12-34(32)29-35)17-10-20-49(50)54-51(44)43-16-5-4-15-42(43)48/h2-31H,1H3. The quantitative estimate of drug-likeness (QED) is 0.180. The summed E-state index contributed by atoms with van der Waals surface area (Å²) in [6.07, 6.45) is 0. The monoisotopic (exact) mass is 687 g/mol. The summed E-state index contributed by atoms with van der Waals surface area (Å²) in [4.78, 5) is 2.50. The summed E-state index contributed by atoms with van der Waals surface area (Å²) in [5, 5.41) is 6.94. The molecule has 4 bridgehead atoms. The van der Waals surface area contributed by atoms with Gasteiger partial charge in [-0.3, -0.25) is 0 Å². The lowest BCUT2D eigenvalue weighted by atomic mass is 9.74. The lowest BCUT2D eigenvalue weighted by Crippen LogP contribution is -2.22. The highest BCUT2D eigenvalue weighted by molar-refractivity contribution is 6.23. The third kappa shape index (κ3) is 3.95. The number of anilines is 3. The zero-order chi connectivity index (χ0) is 35.5. The molecule has 0 saturated heterocycles. The topological polar surface area (TPSA) is 16.4 Å². The molecule has 0 fully saturated rings. The van der Waals surface area contributed by atoms with Gasteiger partial charge < -0.3 is 9.32 Å². The van der Waals surface area contributed by atoms with E-state index in [1.807, 2.05) is 0 Å². The first-order valence-electron chi connectivity index (χ1n) is 18.8. The largest absolute Gasteiger partial charge is 0.455 e. The van der Waals surface area contributed by atoms with Gasteiger partial charge in [0.25, 0.3) is 0 Å². The zero-order valence-electron chi connectivity index (χ0n) is 29.7. The SMILES string of the molecule is CC12c3ccc(cc3)-c3ccccc3N(c3cc4c(oc5cccc(-c6ccc7ccccc7c6)c54)c4ccccc34)c3ccc(c1c3)-c1ccccc12. The Morgan fingerprint density at radius 2 is 1.15 bits per heavy atom. The Kier molecular flexibility index (Phi) is 5.94. The van der Waals surface area contributed by atoms with Crippen molar-refractivity contribution in [1.82, 2.24) is 0 Å². The Morgan fingerprint density at radius 3 is 2.04 bits per heavy atom. The Balaban J connectivity index is 1.19. The first kappa shape index (κ1) is 29.7. The van der Waals surface area contributed by atoms with Gasteiger partial charge in [0.05, 0.1) is 11.4 Å². The first-order chi connectivity index (χ1) is 26.6. The van der Waals surface area contributed by atoms with Crippen LogP contribution in [0.2, 0.25) is 0 Å². The molecule has 0 spiro atoms. The molecule has 2 nitrogen and oxygen atoms in total. The summed E-state index contributed by atoms with van der Waals surface area (Å²) < 4.78 is 6.85. The summed E-state index contributed by atoms with van der Waals surface area (Å²) in [5.74, 6) is 0. The van der Waals surface area contributed by atoms with Gasteiger partial charge in [0.2, 0.25) is 0 Å². The van der Waals surface area contributed by atoms with E-state index >= 15 is 0 Å². The van der Waals surface area contributed by atoms with Gasteiger partial charge >= 0.3 is 0 Å². The van der Waals surface area contributed by atoms with Crippen LogP contribution < -0.4 is 4.90 Å². The van der Waals surface area contributed by atoms with Gasteiger partial charge in [0.15, 0.2) is 0 Å². The fraction of sp³-hybridized carbons (Fsp3) is 0.0385. The second-order valence-corrected chi connectivity index (χ2v) is 15.0. The summed E-state index contributed by atoms with van der Waals surface area (Å²) >= 11 is 0. The molecule has 0 amide bonds. The molecule has 3 aliphatic rings. The highest BCUT2D eigenvalue weighted by Crippen LogP contribution is 2.56. The molecule has 13 rings (SSSR count). The van der Waals surface area contributed by atoms with Gasteiger partial charge in [0, 0.05) is 38.2 Å². The molecule has 0 N–H and O–H groups in total. The number of rotatable bonds is 2. The molecule has 0 radical (unpaired) electrons. The van der Waals surface area contributed by atoms with Crippen LogP contribution in [0.15, 0.2) is 186 Å². The molecule has 9 aromatic carbocycles. The van der Waals surface area contributed by atoms with Crippen molar-refractivity contribution in [3.63, 3.8) is 0 Å². The Morgan fingerprint density at radius 1 is 0.444 bits per heavy atom. The molecule has 2 aliphatic heterocycles. The number of furan rings is 1. The van der Waals surface area contributed by atoms with Crippen molar-refractivity contribution < 1.29 is 4.42 Å². The van der Waals surface area contributed by atoms with E-state index in [-0.39, 0.29) is 5.41 Å². The average Bonchev–Trinajstić information content (AvgIpc) is 3.74. The van der Waals surface area contributed by atoms with Gasteiger partial charge in [-0.15, -0.1) is 0 Å². The highest BCUT2D eigenvalue weighted by atomic mass is 16.3. The van der Waals surface area contributed by atoms with Crippen molar-refractivity contribution in [2.24, 2.45) is 0 Å². The summed E-state index contributed by atoms with van der Waals surface area (Å²) in [6.45, 7) is 2.40. The molecule has 1 aromatic heterocycles. The van der Waals surface area contributed by atoms with Crippen LogP contribution in [0, 0.1) is 0 Å². The normalized spacial score (nSPS) is 15.5. The molecule has 1 atom stereocenters. The average molecular weight is 688 g/mol. The first-order valence-corrected chi connectivity index (χ1v) is 18.8. The molecule has 1 aliphatic carbocycles. The Hall–Kier alpha value is -6.90. The molecular formula is C52H33NO. The second kappa shape index (κ2) is 10.8. The van der Waals surface area contributed by atoms with E-state index < -0.39 is 0 Å². The minimum Gasteiger partial charge on any atom is -0.455 e. The van der Waals surface area contributed by atoms with E-state index in [1.54, 1.807) is 0 Å². The van der Waals surface area contributed by atoms with Crippen molar-refractivity contribution in [3.05, 3.63) is 199 Å². The minimum absolute atomic E-state index is 0.301. The van der Waals surface area contributed by atoms with Crippen LogP contribution in [0.1, 0.15) is 23.6 Å². The number of benzene rings is 9. The molecule has 0 saturated carbocycles. The maximum atomic E-state index is 6.85. The molecule has 3 heterocycles. The molecular weight excluding hydrogens is 655 g/mol. The number of para-hydroxylation sites is 1. The minimum atomic E-state index is -0.301. The van der Waals surface area contributed by atoms with Crippen LogP contribution in [-0.2, 0) is 5.41 Å². The van der Waals surface area contributed by atoms with Crippen LogP contribution in [0.4, 0.5) is 17.1 Å². The lowest BCUT2D eigenvalue weighted by molar-refractivity contribution is 0.673. The van der Waals surface area contributed by atoms with Gasteiger partial charge in [-0.05, 0) is 98.6 Å². The van der Waals surface area contributed by atoms with Crippen molar-refractivity contribution in [2.45, 2.75) is 12.3 Å². The fourth-order valence-electron chi connectivity index (χ4n) is 9.65. The van der Waals surface area contributed by atoms with Gasteiger partial charge in [-0.25, -0.2) is 0 Å². The van der Waals surface area contributed by atoms with Crippen LogP contribution in [-0.4, -0.2) is 0 Å². The zero-order valence-corrected chi connectivity index (χ0v) is 29.7. The van der Waals surface area contributed by atoms with Gasteiger partial charge in [0.1, 0.15) is 11.2 Å². The van der Waals surface area contributed by atoms with E-state index in [9.17, 15) is 0 Å². The molecule has 252 valence electrons. The van der Waals surface area contributed by atoms with Crippen LogP contribution in [0.3, 0.4) is 0 Å². The second-order valence-electron chi connectivity index (χ2n) is 15.0. The van der Waals surface area contributed by atoms with Crippen molar-refractivity contribution >= 4 is 60.5 Å². The smallest absolute Gasteiger partial charge is 0.143 e. The maximum Gasteiger partial charge on any atom is 0.143 e. The van der Waals surface area contributed by atoms with E-state index in [1.165, 1.54) is 60.8 Å². The van der Waals surface area contributed by atoms with Crippen LogP contribution in [0.25, 0.3) is 76.9 Å². The highest BCUT2D eigenvalue weighted by Gasteiger charge is 2.41. The predicted molar refractivity (Wildman–Crippen MR) is 225 cm³/mol. The van der Waals surface area contributed by atoms with Crippen LogP contribution in [0.5, 0.6) is 0 Å². The summed E-state index contributed by atoms with van der Waals surface area (Å²) in [5.41, 5.74) is 16.2. The third-order valence-electron chi connectivity index (χ3n) is 12.3. The van der Waals surface area contributed by atoms with Crippen molar-refractivity contribution in [2.75, 3.05) is 4.90 Å². The van der Waals surface area contributed by atoms with E-state index in [0.717, 1.165) is 49.8 Å². The van der Waals surface area contributed by atoms with Gasteiger partial charge in [-0.2, -0.15) is 0 Å². The number of nitrogens with zero attached hydrogens (tertiary/aromatic N) is 1.